The molecule has 3 heterocycles. The number of imidazole rings is 1. The summed E-state index contributed by atoms with van der Waals surface area (Å²) >= 11 is -1.54. The second-order valence-electron chi connectivity index (χ2n) is 6.02. The summed E-state index contributed by atoms with van der Waals surface area (Å²) in [6, 6.07) is 1.27. The van der Waals surface area contributed by atoms with Crippen LogP contribution >= 0.6 is 0 Å². The van der Waals surface area contributed by atoms with Crippen LogP contribution < -0.4 is 11.0 Å². The van der Waals surface area contributed by atoms with Crippen molar-refractivity contribution < 1.29 is 8.94 Å². The number of benzene rings is 1. The molecule has 0 saturated carbocycles. The molecular formula is C17H16FN5O2S. The van der Waals surface area contributed by atoms with E-state index in [1.165, 1.54) is 23.0 Å². The highest BCUT2D eigenvalue weighted by molar-refractivity contribution is 7.91. The number of aromatic nitrogens is 3. The van der Waals surface area contributed by atoms with Crippen LogP contribution in [0.15, 0.2) is 28.2 Å². The Morgan fingerprint density at radius 3 is 3.00 bits per heavy atom. The molecule has 1 atom stereocenters. The van der Waals surface area contributed by atoms with Gasteiger partial charge in [0.05, 0.1) is 40.2 Å². The Balaban J connectivity index is 2.29. The molecule has 0 saturated heterocycles. The third-order valence-corrected chi connectivity index (χ3v) is 6.06. The number of hydrogen-bond donors (Lipinski definition) is 2. The number of nitrogens with one attached hydrogen (secondary N) is 2. The predicted octanol–water partition coefficient (Wildman–Crippen LogP) is 1.36. The van der Waals surface area contributed by atoms with Gasteiger partial charge in [0, 0.05) is 38.1 Å². The molecule has 0 spiro atoms. The van der Waals surface area contributed by atoms with E-state index in [1.54, 1.807) is 18.7 Å². The van der Waals surface area contributed by atoms with Crippen molar-refractivity contribution in [3.05, 3.63) is 40.3 Å². The summed E-state index contributed by atoms with van der Waals surface area (Å²) in [6.45, 7) is 0.271. The third-order valence-electron chi connectivity index (χ3n) is 4.64. The average molecular weight is 373 g/mol. The van der Waals surface area contributed by atoms with Crippen LogP contribution in [0.1, 0.15) is 5.56 Å². The molecule has 1 unspecified atom stereocenters. The quantitative estimate of drug-likeness (QED) is 0.535. The Kier molecular flexibility index (Phi) is 3.85. The van der Waals surface area contributed by atoms with Crippen molar-refractivity contribution in [1.29, 1.82) is 5.41 Å². The van der Waals surface area contributed by atoms with Gasteiger partial charge in [0.15, 0.2) is 4.90 Å². The molecule has 134 valence electrons. The second-order valence-corrected chi connectivity index (χ2v) is 7.53. The van der Waals surface area contributed by atoms with Crippen LogP contribution in [0.25, 0.3) is 27.5 Å². The van der Waals surface area contributed by atoms with Crippen LogP contribution in [-0.4, -0.2) is 37.7 Å². The van der Waals surface area contributed by atoms with Crippen LogP contribution in [0.3, 0.4) is 0 Å². The minimum Gasteiger partial charge on any atom is -0.611 e. The van der Waals surface area contributed by atoms with Crippen LogP contribution in [0.5, 0.6) is 0 Å². The molecule has 26 heavy (non-hydrogen) atoms. The van der Waals surface area contributed by atoms with E-state index in [9.17, 15) is 13.7 Å². The minimum atomic E-state index is -1.54. The van der Waals surface area contributed by atoms with Gasteiger partial charge in [-0.1, -0.05) is 0 Å². The van der Waals surface area contributed by atoms with E-state index in [1.807, 2.05) is 0 Å². The molecule has 1 aliphatic heterocycles. The summed E-state index contributed by atoms with van der Waals surface area (Å²) in [5, 5.41) is 10.9. The summed E-state index contributed by atoms with van der Waals surface area (Å²) in [6.07, 6.45) is 4.04. The van der Waals surface area contributed by atoms with Crippen molar-refractivity contribution in [2.75, 3.05) is 12.8 Å². The van der Waals surface area contributed by atoms with Crippen molar-refractivity contribution >= 4 is 44.9 Å². The van der Waals surface area contributed by atoms with Crippen molar-refractivity contribution in [2.24, 2.45) is 7.05 Å². The van der Waals surface area contributed by atoms with Crippen molar-refractivity contribution in [2.45, 2.75) is 11.4 Å². The standard InChI is InChI=1S/C17H16FN5O2S/c1-20-7-9(6-19)13-10(18)5-11-14-15-12(8-21-11)22(2)17(24)23(15)3-4-26(25)16(13)14/h5-8,19-20H,3-4H2,1-2H3/b9-7+,19-6?. The molecule has 0 bridgehead atoms. The van der Waals surface area contributed by atoms with Gasteiger partial charge < -0.3 is 15.3 Å². The van der Waals surface area contributed by atoms with Crippen LogP contribution in [0.2, 0.25) is 0 Å². The molecule has 0 fully saturated rings. The zero-order valence-corrected chi connectivity index (χ0v) is 15.0. The normalized spacial score (nSPS) is 17.1. The first kappa shape index (κ1) is 16.8. The van der Waals surface area contributed by atoms with E-state index in [0.717, 1.165) is 6.21 Å². The van der Waals surface area contributed by atoms with Gasteiger partial charge in [0.1, 0.15) is 11.6 Å². The molecule has 1 aliphatic rings. The highest BCUT2D eigenvalue weighted by Gasteiger charge is 2.32. The lowest BCUT2D eigenvalue weighted by atomic mass is 10.0. The molecule has 0 aliphatic carbocycles. The van der Waals surface area contributed by atoms with E-state index in [4.69, 9.17) is 5.41 Å². The molecule has 0 amide bonds. The number of pyridine rings is 1. The lowest BCUT2D eigenvalue weighted by molar-refractivity contribution is 0.585. The highest BCUT2D eigenvalue weighted by atomic mass is 32.2. The molecule has 9 heteroatoms. The molecule has 2 aromatic heterocycles. The van der Waals surface area contributed by atoms with E-state index in [2.05, 4.69) is 10.3 Å². The summed E-state index contributed by atoms with van der Waals surface area (Å²) < 4.78 is 31.0. The Hall–Kier alpha value is -2.65. The smallest absolute Gasteiger partial charge is 0.329 e. The Morgan fingerprint density at radius 1 is 1.54 bits per heavy atom. The number of halogens is 1. The van der Waals surface area contributed by atoms with Crippen LogP contribution in [0, 0.1) is 11.2 Å². The summed E-state index contributed by atoms with van der Waals surface area (Å²) in [4.78, 5) is 17.1. The SMILES string of the molecule is CN/C=C(\C=N)c1c(F)cc2ncc3c4c2c1[S+]([O-])CCn4c(=O)n3C. The number of allylic oxidation sites excluding steroid dienone is 1. The fourth-order valence-electron chi connectivity index (χ4n) is 3.49. The first-order valence-electron chi connectivity index (χ1n) is 7.96. The van der Waals surface area contributed by atoms with Crippen LogP contribution in [0.4, 0.5) is 4.39 Å². The van der Waals surface area contributed by atoms with Gasteiger partial charge in [-0.15, -0.1) is 0 Å². The number of aryl methyl sites for hydroxylation is 2. The highest BCUT2D eigenvalue weighted by Crippen LogP contribution is 2.38. The number of hydrogen-bond acceptors (Lipinski definition) is 5. The molecule has 7 nitrogen and oxygen atoms in total. The van der Waals surface area contributed by atoms with Crippen molar-refractivity contribution in [3.8, 4) is 0 Å². The van der Waals surface area contributed by atoms with Crippen LogP contribution in [-0.2, 0) is 24.8 Å². The largest absolute Gasteiger partial charge is 0.611 e. The monoisotopic (exact) mass is 373 g/mol. The zero-order valence-electron chi connectivity index (χ0n) is 14.2. The van der Waals surface area contributed by atoms with Crippen molar-refractivity contribution in [3.63, 3.8) is 0 Å². The summed E-state index contributed by atoms with van der Waals surface area (Å²) in [5.41, 5.74) is 1.73. The molecule has 4 rings (SSSR count). The van der Waals surface area contributed by atoms with Gasteiger partial charge in [0.25, 0.3) is 0 Å². The lowest BCUT2D eigenvalue weighted by Crippen LogP contribution is -2.24. The third kappa shape index (κ3) is 2.14. The maximum absolute atomic E-state index is 14.9. The van der Waals surface area contributed by atoms with Crippen molar-refractivity contribution in [1.82, 2.24) is 19.4 Å². The first-order valence-corrected chi connectivity index (χ1v) is 9.28. The van der Waals surface area contributed by atoms with Gasteiger partial charge >= 0.3 is 5.69 Å². The maximum Gasteiger partial charge on any atom is 0.329 e. The minimum absolute atomic E-state index is 0.110. The Labute approximate surface area is 150 Å². The molecule has 2 N–H and O–H groups in total. The zero-order chi connectivity index (χ0) is 18.6. The van der Waals surface area contributed by atoms with Gasteiger partial charge in [0.2, 0.25) is 0 Å². The predicted molar refractivity (Wildman–Crippen MR) is 99.5 cm³/mol. The topological polar surface area (TPSA) is 98.8 Å². The Bertz CT molecular complexity index is 1160. The van der Waals surface area contributed by atoms with E-state index in [0.29, 0.717) is 26.8 Å². The van der Waals surface area contributed by atoms with Gasteiger partial charge in [-0.05, 0) is 11.2 Å². The van der Waals surface area contributed by atoms with E-state index >= 15 is 0 Å². The molecule has 0 radical (unpaired) electrons. The lowest BCUT2D eigenvalue weighted by Gasteiger charge is -2.16. The fraction of sp³-hybridized carbons (Fsp3) is 0.235. The van der Waals surface area contributed by atoms with Gasteiger partial charge in [-0.25, -0.2) is 9.18 Å². The van der Waals surface area contributed by atoms with Gasteiger partial charge in [-0.2, -0.15) is 0 Å². The maximum atomic E-state index is 14.9. The second kappa shape index (κ2) is 5.96. The molecular weight excluding hydrogens is 357 g/mol. The molecule has 1 aromatic carbocycles. The Morgan fingerprint density at radius 2 is 2.31 bits per heavy atom. The average Bonchev–Trinajstić information content (AvgIpc) is 2.77. The number of rotatable bonds is 3. The first-order chi connectivity index (χ1) is 12.5. The molecule has 3 aromatic rings. The fourth-order valence-corrected chi connectivity index (χ4v) is 4.91. The van der Waals surface area contributed by atoms with E-state index < -0.39 is 17.0 Å². The number of nitrogens with zero attached hydrogens (tertiary/aromatic N) is 3. The van der Waals surface area contributed by atoms with E-state index in [-0.39, 0.29) is 29.1 Å². The summed E-state index contributed by atoms with van der Waals surface area (Å²) in [7, 11) is 3.30. The summed E-state index contributed by atoms with van der Waals surface area (Å²) in [5.74, 6) is -0.409. The van der Waals surface area contributed by atoms with Gasteiger partial charge in [-0.3, -0.25) is 14.1 Å².